The summed E-state index contributed by atoms with van der Waals surface area (Å²) in [6, 6.07) is 22.9. The van der Waals surface area contributed by atoms with E-state index in [1.807, 2.05) is 30.3 Å². The minimum absolute atomic E-state index is 0.202. The van der Waals surface area contributed by atoms with Crippen LogP contribution in [0.3, 0.4) is 0 Å². The summed E-state index contributed by atoms with van der Waals surface area (Å²) in [5, 5.41) is 9.88. The molecule has 0 saturated carbocycles. The van der Waals surface area contributed by atoms with Crippen LogP contribution in [-0.4, -0.2) is 38.8 Å². The van der Waals surface area contributed by atoms with Gasteiger partial charge in [0.25, 0.3) is 11.8 Å². The summed E-state index contributed by atoms with van der Waals surface area (Å²) in [5.74, 6) is 0.952. The van der Waals surface area contributed by atoms with Gasteiger partial charge in [0.2, 0.25) is 11.9 Å². The molecule has 2 amide bonds. The number of ether oxygens (including phenoxy) is 2. The summed E-state index contributed by atoms with van der Waals surface area (Å²) in [6.45, 7) is 0.444. The van der Waals surface area contributed by atoms with Gasteiger partial charge in [-0.2, -0.15) is 5.10 Å². The number of amides is 2. The third-order valence-electron chi connectivity index (χ3n) is 6.15. The molecule has 0 saturated heterocycles. The monoisotopic (exact) mass is 480 g/mol. The zero-order valence-electron chi connectivity index (χ0n) is 18.9. The van der Waals surface area contributed by atoms with E-state index in [9.17, 15) is 14.4 Å². The average Bonchev–Trinajstić information content (AvgIpc) is 3.59. The third-order valence-corrected chi connectivity index (χ3v) is 6.15. The van der Waals surface area contributed by atoms with Crippen molar-refractivity contribution in [3.05, 3.63) is 101 Å². The number of para-hydroxylation sites is 2. The number of H-pyrrole nitrogens is 1. The quantitative estimate of drug-likeness (QED) is 0.419. The van der Waals surface area contributed by atoms with E-state index in [-0.39, 0.29) is 24.8 Å². The first-order valence-corrected chi connectivity index (χ1v) is 11.4. The largest absolute Gasteiger partial charge is 0.472 e. The predicted octanol–water partition coefficient (Wildman–Crippen LogP) is 3.94. The molecule has 2 aliphatic rings. The highest BCUT2D eigenvalue weighted by Crippen LogP contribution is 2.32. The van der Waals surface area contributed by atoms with Gasteiger partial charge < -0.3 is 19.7 Å². The number of ketones is 1. The number of nitrogens with one attached hydrogen (secondary N) is 2. The first kappa shape index (κ1) is 21.6. The van der Waals surface area contributed by atoms with Crippen molar-refractivity contribution in [1.29, 1.82) is 0 Å². The van der Waals surface area contributed by atoms with Crippen LogP contribution in [0.5, 0.6) is 17.2 Å². The lowest BCUT2D eigenvalue weighted by Gasteiger charge is -2.19. The number of carbonyl (C=O) groups excluding carboxylic acids is 3. The molecule has 0 bridgehead atoms. The SMILES string of the molecule is O=C(Nc1n[nH]c2c1CN(C(=O)C1Oc3ccccc3C1=O)C2)c1ccc(Oc2ccccc2)cc1. The Kier molecular flexibility index (Phi) is 5.22. The lowest BCUT2D eigenvalue weighted by atomic mass is 10.1. The van der Waals surface area contributed by atoms with Crippen molar-refractivity contribution in [2.24, 2.45) is 0 Å². The number of nitrogens with zero attached hydrogens (tertiary/aromatic N) is 2. The van der Waals surface area contributed by atoms with E-state index in [1.165, 1.54) is 4.90 Å². The van der Waals surface area contributed by atoms with Crippen molar-refractivity contribution in [2.45, 2.75) is 19.2 Å². The number of carbonyl (C=O) groups is 3. The van der Waals surface area contributed by atoms with Crippen molar-refractivity contribution in [3.8, 4) is 17.2 Å². The van der Waals surface area contributed by atoms with E-state index < -0.39 is 12.0 Å². The second kappa shape index (κ2) is 8.70. The molecule has 9 heteroatoms. The van der Waals surface area contributed by atoms with Gasteiger partial charge in [0.1, 0.15) is 17.2 Å². The topological polar surface area (TPSA) is 114 Å². The van der Waals surface area contributed by atoms with Gasteiger partial charge in [-0.15, -0.1) is 0 Å². The Morgan fingerprint density at radius 1 is 0.944 bits per heavy atom. The molecule has 3 heterocycles. The molecule has 2 aliphatic heterocycles. The summed E-state index contributed by atoms with van der Waals surface area (Å²) in [6.07, 6.45) is -1.20. The zero-order chi connectivity index (χ0) is 24.6. The fourth-order valence-corrected chi connectivity index (χ4v) is 4.30. The van der Waals surface area contributed by atoms with Crippen molar-refractivity contribution >= 4 is 23.4 Å². The van der Waals surface area contributed by atoms with Crippen LogP contribution < -0.4 is 14.8 Å². The molecule has 36 heavy (non-hydrogen) atoms. The predicted molar refractivity (Wildman–Crippen MR) is 129 cm³/mol. The van der Waals surface area contributed by atoms with E-state index in [0.717, 1.165) is 0 Å². The van der Waals surface area contributed by atoms with Crippen LogP contribution in [0, 0.1) is 0 Å². The summed E-state index contributed by atoms with van der Waals surface area (Å²) in [4.78, 5) is 40.0. The Balaban J connectivity index is 1.11. The molecule has 3 aromatic carbocycles. The highest BCUT2D eigenvalue weighted by molar-refractivity contribution is 6.16. The van der Waals surface area contributed by atoms with E-state index >= 15 is 0 Å². The number of rotatable bonds is 5. The molecular weight excluding hydrogens is 460 g/mol. The number of aromatic nitrogens is 2. The fraction of sp³-hybridized carbons (Fsp3) is 0.111. The number of anilines is 1. The number of Topliss-reactive ketones (excluding diaryl/α,β-unsaturated/α-hetero) is 1. The van der Waals surface area contributed by atoms with Gasteiger partial charge in [0.15, 0.2) is 5.82 Å². The van der Waals surface area contributed by atoms with Gasteiger partial charge in [0, 0.05) is 11.1 Å². The van der Waals surface area contributed by atoms with E-state index in [1.54, 1.807) is 48.5 Å². The second-order valence-corrected chi connectivity index (χ2v) is 8.48. The molecule has 178 valence electrons. The second-order valence-electron chi connectivity index (χ2n) is 8.48. The number of aromatic amines is 1. The van der Waals surface area contributed by atoms with Crippen LogP contribution in [-0.2, 0) is 17.9 Å². The lowest BCUT2D eigenvalue weighted by molar-refractivity contribution is -0.136. The van der Waals surface area contributed by atoms with Crippen LogP contribution in [0.1, 0.15) is 32.0 Å². The van der Waals surface area contributed by atoms with Crippen LogP contribution in [0.2, 0.25) is 0 Å². The van der Waals surface area contributed by atoms with Crippen LogP contribution in [0.25, 0.3) is 0 Å². The molecular formula is C27H20N4O5. The molecule has 1 unspecified atom stereocenters. The van der Waals surface area contributed by atoms with Crippen molar-refractivity contribution in [2.75, 3.05) is 5.32 Å². The van der Waals surface area contributed by atoms with Crippen LogP contribution in [0.15, 0.2) is 78.9 Å². The van der Waals surface area contributed by atoms with Crippen molar-refractivity contribution in [1.82, 2.24) is 15.1 Å². The summed E-state index contributed by atoms with van der Waals surface area (Å²) in [7, 11) is 0. The van der Waals surface area contributed by atoms with Gasteiger partial charge in [-0.25, -0.2) is 0 Å². The Morgan fingerprint density at radius 2 is 1.67 bits per heavy atom. The molecule has 0 radical (unpaired) electrons. The van der Waals surface area contributed by atoms with Crippen molar-refractivity contribution in [3.63, 3.8) is 0 Å². The highest BCUT2D eigenvalue weighted by Gasteiger charge is 2.42. The summed E-state index contributed by atoms with van der Waals surface area (Å²) >= 11 is 0. The molecule has 2 N–H and O–H groups in total. The number of fused-ring (bicyclic) bond motifs is 2. The number of benzene rings is 3. The Hall–Kier alpha value is -4.92. The third kappa shape index (κ3) is 3.86. The van der Waals surface area contributed by atoms with Gasteiger partial charge in [-0.05, 0) is 48.5 Å². The van der Waals surface area contributed by atoms with Gasteiger partial charge >= 0.3 is 0 Å². The molecule has 4 aromatic rings. The van der Waals surface area contributed by atoms with E-state index in [4.69, 9.17) is 9.47 Å². The molecule has 0 spiro atoms. The maximum absolute atomic E-state index is 13.1. The minimum Gasteiger partial charge on any atom is -0.472 e. The van der Waals surface area contributed by atoms with E-state index in [2.05, 4.69) is 15.5 Å². The molecule has 0 fully saturated rings. The summed E-state index contributed by atoms with van der Waals surface area (Å²) < 4.78 is 11.4. The molecule has 6 rings (SSSR count). The molecule has 0 aliphatic carbocycles. The van der Waals surface area contributed by atoms with Gasteiger partial charge in [-0.1, -0.05) is 30.3 Å². The summed E-state index contributed by atoms with van der Waals surface area (Å²) in [5.41, 5.74) is 2.24. The first-order chi connectivity index (χ1) is 17.6. The van der Waals surface area contributed by atoms with Gasteiger partial charge in [-0.3, -0.25) is 19.5 Å². The average molecular weight is 480 g/mol. The number of hydrogen-bond donors (Lipinski definition) is 2. The maximum Gasteiger partial charge on any atom is 0.272 e. The molecule has 1 atom stereocenters. The molecule has 1 aromatic heterocycles. The highest BCUT2D eigenvalue weighted by atomic mass is 16.5. The van der Waals surface area contributed by atoms with Crippen molar-refractivity contribution < 1.29 is 23.9 Å². The minimum atomic E-state index is -1.20. The Bertz CT molecular complexity index is 1480. The molecule has 9 nitrogen and oxygen atoms in total. The Labute approximate surface area is 205 Å². The number of hydrogen-bond acceptors (Lipinski definition) is 6. The fourth-order valence-electron chi connectivity index (χ4n) is 4.30. The van der Waals surface area contributed by atoms with E-state index in [0.29, 0.717) is 45.5 Å². The normalized spacial score (nSPS) is 15.7. The smallest absolute Gasteiger partial charge is 0.272 e. The standard InChI is InChI=1S/C27H20N4O5/c32-23-19-8-4-5-9-22(19)36-24(23)27(34)31-14-20-21(15-31)29-30-25(20)28-26(33)16-10-12-18(13-11-16)35-17-6-2-1-3-7-17/h1-13,24H,14-15H2,(H2,28,29,30,33). The lowest BCUT2D eigenvalue weighted by Crippen LogP contribution is -2.41. The zero-order valence-corrected chi connectivity index (χ0v) is 18.9. The van der Waals surface area contributed by atoms with Gasteiger partial charge in [0.05, 0.1) is 24.3 Å². The maximum atomic E-state index is 13.1. The van der Waals surface area contributed by atoms with Crippen LogP contribution >= 0.6 is 0 Å². The Morgan fingerprint density at radius 3 is 2.44 bits per heavy atom. The first-order valence-electron chi connectivity index (χ1n) is 11.4. The van der Waals surface area contributed by atoms with Crippen LogP contribution in [0.4, 0.5) is 5.82 Å².